The summed E-state index contributed by atoms with van der Waals surface area (Å²) in [7, 11) is 1.26. The summed E-state index contributed by atoms with van der Waals surface area (Å²) < 4.78 is 4.87. The van der Waals surface area contributed by atoms with E-state index in [0.717, 1.165) is 23.3 Å². The van der Waals surface area contributed by atoms with E-state index in [4.69, 9.17) is 4.74 Å². The molecule has 2 aromatic carbocycles. The number of nitrogens with one attached hydrogen (secondary N) is 1. The van der Waals surface area contributed by atoms with Crippen molar-refractivity contribution in [3.05, 3.63) is 59.7 Å². The average molecular weight is 431 g/mol. The Hall–Kier alpha value is -3.52. The number of imide groups is 1. The van der Waals surface area contributed by atoms with E-state index in [-0.39, 0.29) is 29.1 Å². The van der Waals surface area contributed by atoms with Crippen molar-refractivity contribution in [2.75, 3.05) is 23.9 Å². The highest BCUT2D eigenvalue weighted by Gasteiger charge is 2.74. The fourth-order valence-corrected chi connectivity index (χ4v) is 6.35. The summed E-state index contributed by atoms with van der Waals surface area (Å²) in [5, 5.41) is 2.95. The van der Waals surface area contributed by atoms with Crippen LogP contribution in [-0.2, 0) is 24.7 Å². The lowest BCUT2D eigenvalue weighted by Crippen LogP contribution is -2.54. The van der Waals surface area contributed by atoms with E-state index in [2.05, 4.69) is 10.2 Å². The summed E-state index contributed by atoms with van der Waals surface area (Å²) in [6.45, 7) is 0.652. The van der Waals surface area contributed by atoms with E-state index in [1.54, 1.807) is 18.2 Å². The molecule has 0 saturated carbocycles. The zero-order chi connectivity index (χ0) is 22.2. The predicted octanol–water partition coefficient (Wildman–Crippen LogP) is 1.90. The van der Waals surface area contributed by atoms with Crippen molar-refractivity contribution in [2.24, 2.45) is 11.8 Å². The molecular formula is C24H21N3O5. The quantitative estimate of drug-likeness (QED) is 0.577. The normalized spacial score (nSPS) is 30.5. The van der Waals surface area contributed by atoms with Crippen LogP contribution < -0.4 is 10.2 Å². The molecule has 3 amide bonds. The Morgan fingerprint density at radius 2 is 1.81 bits per heavy atom. The van der Waals surface area contributed by atoms with Gasteiger partial charge in [-0.05, 0) is 37.6 Å². The highest BCUT2D eigenvalue weighted by Crippen LogP contribution is 2.60. The van der Waals surface area contributed by atoms with Crippen molar-refractivity contribution >= 4 is 35.1 Å². The third kappa shape index (κ3) is 2.10. The molecule has 0 aromatic heterocycles. The van der Waals surface area contributed by atoms with E-state index in [0.29, 0.717) is 12.2 Å². The van der Waals surface area contributed by atoms with E-state index in [9.17, 15) is 19.2 Å². The first-order chi connectivity index (χ1) is 15.5. The summed E-state index contributed by atoms with van der Waals surface area (Å²) in [6, 6.07) is 13.6. The Bertz CT molecular complexity index is 1210. The first kappa shape index (κ1) is 19.2. The van der Waals surface area contributed by atoms with E-state index >= 15 is 0 Å². The average Bonchev–Trinajstić information content (AvgIpc) is 3.51. The molecular weight excluding hydrogens is 410 g/mol. The number of anilines is 2. The van der Waals surface area contributed by atoms with Crippen LogP contribution in [-0.4, -0.2) is 48.3 Å². The molecule has 1 N–H and O–H groups in total. The summed E-state index contributed by atoms with van der Waals surface area (Å²) >= 11 is 0. The molecule has 1 spiro atoms. The number of fused-ring (bicyclic) bond motifs is 7. The third-order valence-corrected chi connectivity index (χ3v) is 7.45. The molecule has 0 aliphatic carbocycles. The van der Waals surface area contributed by atoms with Crippen LogP contribution in [0.5, 0.6) is 0 Å². The van der Waals surface area contributed by atoms with Crippen LogP contribution in [0.25, 0.3) is 0 Å². The standard InChI is InChI=1S/C24H21N3O5/c1-32-22(30)13-7-2-5-10-16(13)27-20(28)18-17-11-6-12-26(17)24(19(18)21(27)29)14-8-3-4-9-15(14)25-23(24)31/h2-5,7-10,17-19H,6,11-12H2,1H3,(H,25,31). The number of methoxy groups -OCH3 is 1. The van der Waals surface area contributed by atoms with Crippen LogP contribution in [0, 0.1) is 11.8 Å². The second-order valence-corrected chi connectivity index (χ2v) is 8.69. The Kier molecular flexibility index (Phi) is 3.89. The molecule has 4 aliphatic heterocycles. The molecule has 4 aliphatic rings. The Labute approximate surface area is 184 Å². The number of esters is 1. The number of ether oxygens (including phenoxy) is 1. The van der Waals surface area contributed by atoms with Crippen molar-refractivity contribution in [2.45, 2.75) is 24.4 Å². The molecule has 8 nitrogen and oxygen atoms in total. The largest absolute Gasteiger partial charge is 0.465 e. The molecule has 6 rings (SSSR count). The SMILES string of the molecule is COC(=O)c1ccccc1N1C(=O)C2C3CCCN3C3(C(=O)Nc4ccccc43)C2C1=O. The minimum atomic E-state index is -1.22. The fourth-order valence-electron chi connectivity index (χ4n) is 6.35. The monoisotopic (exact) mass is 431 g/mol. The highest BCUT2D eigenvalue weighted by molar-refractivity contribution is 6.27. The van der Waals surface area contributed by atoms with Crippen LogP contribution in [0.4, 0.5) is 11.4 Å². The maximum atomic E-state index is 14.0. The minimum absolute atomic E-state index is 0.144. The lowest BCUT2D eigenvalue weighted by Gasteiger charge is -2.36. The molecule has 4 atom stereocenters. The summed E-state index contributed by atoms with van der Waals surface area (Å²) in [6.07, 6.45) is 1.59. The second kappa shape index (κ2) is 6.49. The van der Waals surface area contributed by atoms with Gasteiger partial charge in [-0.3, -0.25) is 19.3 Å². The van der Waals surface area contributed by atoms with Gasteiger partial charge in [0.15, 0.2) is 0 Å². The van der Waals surface area contributed by atoms with Crippen molar-refractivity contribution < 1.29 is 23.9 Å². The summed E-state index contributed by atoms with van der Waals surface area (Å²) in [5.74, 6) is -3.19. The van der Waals surface area contributed by atoms with Crippen molar-refractivity contribution in [1.82, 2.24) is 4.90 Å². The van der Waals surface area contributed by atoms with Gasteiger partial charge in [-0.1, -0.05) is 30.3 Å². The third-order valence-electron chi connectivity index (χ3n) is 7.45. The van der Waals surface area contributed by atoms with Crippen LogP contribution in [0.15, 0.2) is 48.5 Å². The number of nitrogens with zero attached hydrogens (tertiary/aromatic N) is 2. The fraction of sp³-hybridized carbons (Fsp3) is 0.333. The minimum Gasteiger partial charge on any atom is -0.465 e. The Balaban J connectivity index is 1.55. The van der Waals surface area contributed by atoms with Crippen molar-refractivity contribution in [1.29, 1.82) is 0 Å². The molecule has 32 heavy (non-hydrogen) atoms. The van der Waals surface area contributed by atoms with Crippen molar-refractivity contribution in [3.63, 3.8) is 0 Å². The first-order valence-electron chi connectivity index (χ1n) is 10.7. The molecule has 162 valence electrons. The molecule has 4 unspecified atom stereocenters. The number of hydrogen-bond acceptors (Lipinski definition) is 6. The number of carbonyl (C=O) groups is 4. The van der Waals surface area contributed by atoms with Crippen LogP contribution >= 0.6 is 0 Å². The van der Waals surface area contributed by atoms with Gasteiger partial charge in [0.2, 0.25) is 17.7 Å². The molecule has 3 fully saturated rings. The van der Waals surface area contributed by atoms with E-state index < -0.39 is 29.3 Å². The number of amides is 3. The number of para-hydroxylation sites is 2. The molecule has 4 heterocycles. The second-order valence-electron chi connectivity index (χ2n) is 8.69. The summed E-state index contributed by atoms with van der Waals surface area (Å²) in [4.78, 5) is 56.8. The highest BCUT2D eigenvalue weighted by atomic mass is 16.5. The van der Waals surface area contributed by atoms with Gasteiger partial charge in [-0.2, -0.15) is 0 Å². The zero-order valence-electron chi connectivity index (χ0n) is 17.4. The van der Waals surface area contributed by atoms with E-state index in [1.807, 2.05) is 24.3 Å². The van der Waals surface area contributed by atoms with Crippen LogP contribution in [0.1, 0.15) is 28.8 Å². The van der Waals surface area contributed by atoms with Gasteiger partial charge in [-0.15, -0.1) is 0 Å². The molecule has 0 radical (unpaired) electrons. The number of rotatable bonds is 2. The number of hydrogen-bond donors (Lipinski definition) is 1. The number of carbonyl (C=O) groups excluding carboxylic acids is 4. The van der Waals surface area contributed by atoms with E-state index in [1.165, 1.54) is 13.2 Å². The van der Waals surface area contributed by atoms with Gasteiger partial charge in [-0.25, -0.2) is 9.69 Å². The molecule has 0 bridgehead atoms. The van der Waals surface area contributed by atoms with Gasteiger partial charge in [0.25, 0.3) is 0 Å². The maximum Gasteiger partial charge on any atom is 0.339 e. The molecule has 3 saturated heterocycles. The smallest absolute Gasteiger partial charge is 0.339 e. The first-order valence-corrected chi connectivity index (χ1v) is 10.7. The molecule has 2 aromatic rings. The predicted molar refractivity (Wildman–Crippen MR) is 114 cm³/mol. The van der Waals surface area contributed by atoms with Crippen LogP contribution in [0.3, 0.4) is 0 Å². The Morgan fingerprint density at radius 3 is 2.62 bits per heavy atom. The van der Waals surface area contributed by atoms with Gasteiger partial charge in [0.1, 0.15) is 5.54 Å². The van der Waals surface area contributed by atoms with Gasteiger partial charge >= 0.3 is 5.97 Å². The molecule has 8 heteroatoms. The van der Waals surface area contributed by atoms with Gasteiger partial charge in [0, 0.05) is 17.3 Å². The Morgan fingerprint density at radius 1 is 1.06 bits per heavy atom. The van der Waals surface area contributed by atoms with Crippen molar-refractivity contribution in [3.8, 4) is 0 Å². The lowest BCUT2D eigenvalue weighted by molar-refractivity contribution is -0.135. The van der Waals surface area contributed by atoms with Gasteiger partial charge in [0.05, 0.1) is 30.2 Å². The zero-order valence-corrected chi connectivity index (χ0v) is 17.4. The number of benzene rings is 2. The maximum absolute atomic E-state index is 14.0. The topological polar surface area (TPSA) is 96.0 Å². The lowest BCUT2D eigenvalue weighted by atomic mass is 9.75. The van der Waals surface area contributed by atoms with Crippen LogP contribution in [0.2, 0.25) is 0 Å². The summed E-state index contributed by atoms with van der Waals surface area (Å²) in [5.41, 5.74) is 0.552. The van der Waals surface area contributed by atoms with Gasteiger partial charge < -0.3 is 10.1 Å².